The van der Waals surface area contributed by atoms with Gasteiger partial charge in [0.05, 0.1) is 5.69 Å². The summed E-state index contributed by atoms with van der Waals surface area (Å²) >= 11 is 0. The van der Waals surface area contributed by atoms with Crippen molar-refractivity contribution in [1.82, 2.24) is 9.97 Å². The molecule has 1 aromatic heterocycles. The maximum absolute atomic E-state index is 11.8. The van der Waals surface area contributed by atoms with E-state index in [1.54, 1.807) is 13.2 Å². The molecule has 102 valence electrons. The van der Waals surface area contributed by atoms with Gasteiger partial charge in [0.15, 0.2) is 0 Å². The highest BCUT2D eigenvalue weighted by atomic mass is 16.5. The molecule has 0 bridgehead atoms. The van der Waals surface area contributed by atoms with Crippen molar-refractivity contribution >= 4 is 0 Å². The molecule has 1 aromatic rings. The Balaban J connectivity index is 3.42. The first kappa shape index (κ1) is 14.9. The minimum atomic E-state index is -0.500. The molecule has 1 N–H and O–H groups in total. The van der Waals surface area contributed by atoms with Gasteiger partial charge in [0.1, 0.15) is 11.4 Å². The molecule has 0 aromatic carbocycles. The fourth-order valence-corrected chi connectivity index (χ4v) is 2.03. The van der Waals surface area contributed by atoms with Crippen molar-refractivity contribution < 1.29 is 4.74 Å². The van der Waals surface area contributed by atoms with Gasteiger partial charge in [0.2, 0.25) is 0 Å². The van der Waals surface area contributed by atoms with Gasteiger partial charge in [-0.2, -0.15) is 0 Å². The third-order valence-corrected chi connectivity index (χ3v) is 3.47. The minimum absolute atomic E-state index is 0.117. The second-order valence-electron chi connectivity index (χ2n) is 5.63. The molecule has 0 saturated carbocycles. The van der Waals surface area contributed by atoms with Gasteiger partial charge in [-0.25, -0.2) is 4.98 Å². The van der Waals surface area contributed by atoms with Gasteiger partial charge in [0.25, 0.3) is 5.56 Å². The number of ether oxygens (including phenoxy) is 1. The largest absolute Gasteiger partial charge is 0.370 e. The van der Waals surface area contributed by atoms with E-state index >= 15 is 0 Å². The Morgan fingerprint density at radius 3 is 2.22 bits per heavy atom. The maximum Gasteiger partial charge on any atom is 0.251 e. The molecule has 0 unspecified atom stereocenters. The van der Waals surface area contributed by atoms with Crippen LogP contribution in [-0.4, -0.2) is 17.1 Å². The molecule has 0 fully saturated rings. The van der Waals surface area contributed by atoms with Gasteiger partial charge in [-0.05, 0) is 12.8 Å². The first-order valence-electron chi connectivity index (χ1n) is 6.46. The Bertz CT molecular complexity index is 445. The molecule has 4 nitrogen and oxygen atoms in total. The molecule has 0 saturated heterocycles. The topological polar surface area (TPSA) is 55.0 Å². The van der Waals surface area contributed by atoms with Crippen LogP contribution in [0.25, 0.3) is 0 Å². The van der Waals surface area contributed by atoms with Crippen LogP contribution in [-0.2, 0) is 15.8 Å². The van der Waals surface area contributed by atoms with Gasteiger partial charge in [-0.15, -0.1) is 0 Å². The molecule has 18 heavy (non-hydrogen) atoms. The van der Waals surface area contributed by atoms with Gasteiger partial charge in [-0.3, -0.25) is 4.79 Å². The summed E-state index contributed by atoms with van der Waals surface area (Å²) in [5.74, 6) is 0.632. The van der Waals surface area contributed by atoms with Crippen molar-refractivity contribution in [3.8, 4) is 0 Å². The number of methoxy groups -OCH3 is 1. The van der Waals surface area contributed by atoms with E-state index in [9.17, 15) is 4.79 Å². The van der Waals surface area contributed by atoms with E-state index in [0.717, 1.165) is 18.5 Å². The van der Waals surface area contributed by atoms with Crippen LogP contribution in [0.1, 0.15) is 59.0 Å². The molecule has 4 heteroatoms. The number of aromatic amines is 1. The fourth-order valence-electron chi connectivity index (χ4n) is 2.03. The van der Waals surface area contributed by atoms with Crippen molar-refractivity contribution in [3.63, 3.8) is 0 Å². The molecule has 0 radical (unpaired) electrons. The summed E-state index contributed by atoms with van der Waals surface area (Å²) in [5, 5.41) is 0. The summed E-state index contributed by atoms with van der Waals surface area (Å²) in [6.45, 7) is 10.2. The lowest BCUT2D eigenvalue weighted by Crippen LogP contribution is -2.33. The first-order valence-corrected chi connectivity index (χ1v) is 6.46. The van der Waals surface area contributed by atoms with Crippen LogP contribution in [0.3, 0.4) is 0 Å². The second kappa shape index (κ2) is 5.22. The predicted octanol–water partition coefficient (Wildman–Crippen LogP) is 2.73. The van der Waals surface area contributed by atoms with Gasteiger partial charge < -0.3 is 9.72 Å². The van der Waals surface area contributed by atoms with E-state index in [1.165, 1.54) is 0 Å². The molecular weight excluding hydrogens is 228 g/mol. The molecule has 0 spiro atoms. The van der Waals surface area contributed by atoms with Crippen LogP contribution < -0.4 is 5.56 Å². The van der Waals surface area contributed by atoms with Gasteiger partial charge in [0, 0.05) is 18.6 Å². The normalized spacial score (nSPS) is 12.8. The Kier molecular flexibility index (Phi) is 4.32. The van der Waals surface area contributed by atoms with E-state index in [-0.39, 0.29) is 11.0 Å². The van der Waals surface area contributed by atoms with E-state index in [4.69, 9.17) is 4.74 Å². The standard InChI is InChI=1S/C14H24N2O2/c1-7-14(8-2,18-6)12-15-10(13(3,4)5)9-11(17)16-12/h9H,7-8H2,1-6H3,(H,15,16,17). The number of hydrogen-bond donors (Lipinski definition) is 1. The zero-order valence-corrected chi connectivity index (χ0v) is 12.3. The molecular formula is C14H24N2O2. The number of aromatic nitrogens is 2. The molecule has 0 atom stereocenters. The number of H-pyrrole nitrogens is 1. The number of nitrogens with zero attached hydrogens (tertiary/aromatic N) is 1. The summed E-state index contributed by atoms with van der Waals surface area (Å²) in [5.41, 5.74) is 0.0301. The van der Waals surface area contributed by atoms with E-state index < -0.39 is 5.60 Å². The summed E-state index contributed by atoms with van der Waals surface area (Å²) in [7, 11) is 1.66. The Morgan fingerprint density at radius 1 is 1.28 bits per heavy atom. The molecule has 1 rings (SSSR count). The van der Waals surface area contributed by atoms with E-state index in [0.29, 0.717) is 5.82 Å². The average Bonchev–Trinajstić information content (AvgIpc) is 2.30. The Morgan fingerprint density at radius 2 is 1.83 bits per heavy atom. The maximum atomic E-state index is 11.8. The minimum Gasteiger partial charge on any atom is -0.370 e. The summed E-state index contributed by atoms with van der Waals surface area (Å²) in [4.78, 5) is 19.2. The molecule has 0 aliphatic heterocycles. The van der Waals surface area contributed by atoms with Crippen molar-refractivity contribution in [2.75, 3.05) is 7.11 Å². The first-order chi connectivity index (χ1) is 8.29. The summed E-state index contributed by atoms with van der Waals surface area (Å²) in [6, 6.07) is 1.56. The molecule has 0 aliphatic carbocycles. The highest BCUT2D eigenvalue weighted by Crippen LogP contribution is 2.30. The quantitative estimate of drug-likeness (QED) is 0.896. The van der Waals surface area contributed by atoms with Crippen molar-refractivity contribution in [2.45, 2.75) is 58.5 Å². The highest BCUT2D eigenvalue weighted by Gasteiger charge is 2.32. The lowest BCUT2D eigenvalue weighted by molar-refractivity contribution is -0.0296. The average molecular weight is 252 g/mol. The smallest absolute Gasteiger partial charge is 0.251 e. The fraction of sp³-hybridized carbons (Fsp3) is 0.714. The van der Waals surface area contributed by atoms with Gasteiger partial charge >= 0.3 is 0 Å². The van der Waals surface area contributed by atoms with E-state index in [2.05, 4.69) is 9.97 Å². The summed E-state index contributed by atoms with van der Waals surface area (Å²) < 4.78 is 5.61. The zero-order chi connectivity index (χ0) is 14.0. The van der Waals surface area contributed by atoms with Crippen LogP contribution in [0.5, 0.6) is 0 Å². The van der Waals surface area contributed by atoms with Crippen molar-refractivity contribution in [3.05, 3.63) is 27.9 Å². The van der Waals surface area contributed by atoms with Crippen LogP contribution in [0.15, 0.2) is 10.9 Å². The highest BCUT2D eigenvalue weighted by molar-refractivity contribution is 5.15. The third kappa shape index (κ3) is 2.80. The van der Waals surface area contributed by atoms with Crippen LogP contribution in [0, 0.1) is 0 Å². The van der Waals surface area contributed by atoms with Crippen LogP contribution in [0.2, 0.25) is 0 Å². The van der Waals surface area contributed by atoms with Crippen LogP contribution >= 0.6 is 0 Å². The van der Waals surface area contributed by atoms with E-state index in [1.807, 2.05) is 34.6 Å². The van der Waals surface area contributed by atoms with Crippen LogP contribution in [0.4, 0.5) is 0 Å². The Labute approximate surface area is 109 Å². The van der Waals surface area contributed by atoms with Crippen molar-refractivity contribution in [1.29, 1.82) is 0 Å². The number of rotatable bonds is 4. The monoisotopic (exact) mass is 252 g/mol. The molecule has 0 amide bonds. The van der Waals surface area contributed by atoms with Crippen molar-refractivity contribution in [2.24, 2.45) is 0 Å². The Hall–Kier alpha value is -1.16. The molecule has 0 aliphatic rings. The SMILES string of the molecule is CCC(CC)(OC)c1nc(C(C)(C)C)cc(=O)[nH]1. The number of hydrogen-bond acceptors (Lipinski definition) is 3. The lowest BCUT2D eigenvalue weighted by Gasteiger charge is -2.30. The lowest BCUT2D eigenvalue weighted by atomic mass is 9.90. The van der Waals surface area contributed by atoms with Gasteiger partial charge in [-0.1, -0.05) is 34.6 Å². The molecule has 1 heterocycles. The summed E-state index contributed by atoms with van der Waals surface area (Å²) in [6.07, 6.45) is 1.55. The third-order valence-electron chi connectivity index (χ3n) is 3.47. The predicted molar refractivity (Wildman–Crippen MR) is 72.8 cm³/mol. The second-order valence-corrected chi connectivity index (χ2v) is 5.63. The number of nitrogens with one attached hydrogen (secondary N) is 1. The zero-order valence-electron chi connectivity index (χ0n) is 12.3.